The zero-order valence-electron chi connectivity index (χ0n) is 10.6. The molecule has 2 aromatic rings. The Balaban J connectivity index is 1.95. The maximum atomic E-state index is 5.64. The summed E-state index contributed by atoms with van der Waals surface area (Å²) in [4.78, 5) is 6.68. The van der Waals surface area contributed by atoms with E-state index in [0.29, 0.717) is 5.96 Å². The number of nitrogens with zero attached hydrogens (tertiary/aromatic N) is 2. The van der Waals surface area contributed by atoms with Gasteiger partial charge in [0.2, 0.25) is 5.96 Å². The third kappa shape index (κ3) is 2.30. The first-order chi connectivity index (χ1) is 9.38. The summed E-state index contributed by atoms with van der Waals surface area (Å²) in [6.07, 6.45) is 1.02. The molecule has 0 atom stereocenters. The Bertz CT molecular complexity index is 592. The highest BCUT2D eigenvalue weighted by atomic mass is 15.4. The van der Waals surface area contributed by atoms with Gasteiger partial charge in [-0.15, -0.1) is 0 Å². The van der Waals surface area contributed by atoms with Crippen LogP contribution in [0.5, 0.6) is 0 Å². The van der Waals surface area contributed by atoms with Crippen LogP contribution in [0.25, 0.3) is 0 Å². The average Bonchev–Trinajstić information content (AvgIpc) is 2.90. The van der Waals surface area contributed by atoms with Crippen LogP contribution in [0.3, 0.4) is 0 Å². The van der Waals surface area contributed by atoms with Crippen LogP contribution >= 0.6 is 0 Å². The summed E-state index contributed by atoms with van der Waals surface area (Å²) in [6.45, 7) is 0.898. The van der Waals surface area contributed by atoms with Gasteiger partial charge in [0.15, 0.2) is 0 Å². The van der Waals surface area contributed by atoms with Crippen molar-refractivity contribution in [1.29, 1.82) is 0 Å². The van der Waals surface area contributed by atoms with Crippen LogP contribution in [0.2, 0.25) is 0 Å². The highest BCUT2D eigenvalue weighted by molar-refractivity contribution is 5.98. The summed E-state index contributed by atoms with van der Waals surface area (Å²) in [6, 6.07) is 18.2. The van der Waals surface area contributed by atoms with E-state index >= 15 is 0 Å². The van der Waals surface area contributed by atoms with E-state index in [1.807, 2.05) is 36.4 Å². The van der Waals surface area contributed by atoms with Crippen LogP contribution in [-0.4, -0.2) is 12.5 Å². The lowest BCUT2D eigenvalue weighted by molar-refractivity contribution is 0.931. The van der Waals surface area contributed by atoms with E-state index < -0.39 is 0 Å². The number of nitrogens with two attached hydrogens (primary N) is 1. The molecule has 0 saturated carbocycles. The molecule has 3 N–H and O–H groups in total. The normalized spacial score (nSPS) is 14.4. The second kappa shape index (κ2) is 5.12. The Morgan fingerprint density at radius 3 is 2.58 bits per heavy atom. The van der Waals surface area contributed by atoms with Gasteiger partial charge >= 0.3 is 0 Å². The number of nitrogens with one attached hydrogen (secondary N) is 1. The molecule has 0 amide bonds. The first-order valence-corrected chi connectivity index (χ1v) is 6.34. The molecule has 0 bridgehead atoms. The van der Waals surface area contributed by atoms with Crippen LogP contribution in [0, 0.1) is 0 Å². The van der Waals surface area contributed by atoms with Crippen molar-refractivity contribution in [3.05, 3.63) is 60.2 Å². The third-order valence-electron chi connectivity index (χ3n) is 3.26. The fourth-order valence-electron chi connectivity index (χ4n) is 2.35. The fourth-order valence-corrected chi connectivity index (χ4v) is 2.35. The predicted octanol–water partition coefficient (Wildman–Crippen LogP) is 2.20. The summed E-state index contributed by atoms with van der Waals surface area (Å²) in [5.41, 5.74) is 6.11. The standard InChI is InChI=1S/C15H16N4/c16-18-15(17-13-7-2-1-3-8-13)19-11-10-12-6-4-5-9-14(12)19/h1-9H,10-11,16H2,(H,17,18). The van der Waals surface area contributed by atoms with Crippen molar-refractivity contribution in [1.82, 2.24) is 5.43 Å². The van der Waals surface area contributed by atoms with Crippen molar-refractivity contribution >= 4 is 17.3 Å². The van der Waals surface area contributed by atoms with Crippen molar-refractivity contribution in [2.24, 2.45) is 10.8 Å². The molecule has 4 heteroatoms. The fraction of sp³-hybridized carbons (Fsp3) is 0.133. The van der Waals surface area contributed by atoms with Crippen LogP contribution in [0.1, 0.15) is 5.56 Å². The molecule has 1 heterocycles. The minimum Gasteiger partial charge on any atom is -0.311 e. The Morgan fingerprint density at radius 1 is 1.05 bits per heavy atom. The largest absolute Gasteiger partial charge is 0.311 e. The number of benzene rings is 2. The molecule has 0 saturated heterocycles. The van der Waals surface area contributed by atoms with Gasteiger partial charge in [-0.3, -0.25) is 5.43 Å². The van der Waals surface area contributed by atoms with Crippen molar-refractivity contribution in [2.75, 3.05) is 11.4 Å². The van der Waals surface area contributed by atoms with Gasteiger partial charge in [0.05, 0.1) is 5.69 Å². The molecule has 0 spiro atoms. The maximum Gasteiger partial charge on any atom is 0.218 e. The monoisotopic (exact) mass is 252 g/mol. The van der Waals surface area contributed by atoms with Crippen molar-refractivity contribution < 1.29 is 0 Å². The van der Waals surface area contributed by atoms with Crippen molar-refractivity contribution in [3.8, 4) is 0 Å². The van der Waals surface area contributed by atoms with Gasteiger partial charge in [-0.1, -0.05) is 36.4 Å². The number of anilines is 1. The molecule has 0 unspecified atom stereocenters. The summed E-state index contributed by atoms with van der Waals surface area (Å²) in [5, 5.41) is 0. The van der Waals surface area contributed by atoms with E-state index in [4.69, 9.17) is 5.84 Å². The molecule has 1 aliphatic heterocycles. The molecule has 0 aliphatic carbocycles. The van der Waals surface area contributed by atoms with Gasteiger partial charge in [-0.25, -0.2) is 10.8 Å². The number of hydrogen-bond donors (Lipinski definition) is 2. The average molecular weight is 252 g/mol. The van der Waals surface area contributed by atoms with Gasteiger partial charge in [0.1, 0.15) is 0 Å². The molecule has 4 nitrogen and oxygen atoms in total. The number of aliphatic imine (C=N–C) groups is 1. The van der Waals surface area contributed by atoms with E-state index in [-0.39, 0.29) is 0 Å². The van der Waals surface area contributed by atoms with Crippen LogP contribution in [-0.2, 0) is 6.42 Å². The number of rotatable bonds is 1. The number of hydrazine groups is 1. The molecule has 96 valence electrons. The second-order valence-corrected chi connectivity index (χ2v) is 4.45. The Morgan fingerprint density at radius 2 is 1.79 bits per heavy atom. The quantitative estimate of drug-likeness (QED) is 0.354. The molecule has 3 rings (SSSR count). The highest BCUT2D eigenvalue weighted by Gasteiger charge is 2.22. The van der Waals surface area contributed by atoms with Gasteiger partial charge < -0.3 is 4.90 Å². The molecule has 0 fully saturated rings. The molecule has 1 aliphatic rings. The van der Waals surface area contributed by atoms with E-state index in [1.165, 1.54) is 11.3 Å². The molecular formula is C15H16N4. The van der Waals surface area contributed by atoms with E-state index in [9.17, 15) is 0 Å². The smallest absolute Gasteiger partial charge is 0.218 e. The topological polar surface area (TPSA) is 53.6 Å². The predicted molar refractivity (Wildman–Crippen MR) is 78.4 cm³/mol. The van der Waals surface area contributed by atoms with E-state index in [1.54, 1.807) is 0 Å². The van der Waals surface area contributed by atoms with Crippen LogP contribution < -0.4 is 16.2 Å². The summed E-state index contributed by atoms with van der Waals surface area (Å²) < 4.78 is 0. The summed E-state index contributed by atoms with van der Waals surface area (Å²) >= 11 is 0. The zero-order valence-corrected chi connectivity index (χ0v) is 10.6. The van der Waals surface area contributed by atoms with E-state index in [0.717, 1.165) is 18.7 Å². The van der Waals surface area contributed by atoms with Crippen molar-refractivity contribution in [2.45, 2.75) is 6.42 Å². The lowest BCUT2D eigenvalue weighted by Crippen LogP contribution is -2.44. The Hall–Kier alpha value is -2.33. The first-order valence-electron chi connectivity index (χ1n) is 6.34. The highest BCUT2D eigenvalue weighted by Crippen LogP contribution is 2.27. The zero-order chi connectivity index (χ0) is 13.1. The van der Waals surface area contributed by atoms with Crippen LogP contribution in [0.15, 0.2) is 59.6 Å². The van der Waals surface area contributed by atoms with Gasteiger partial charge in [-0.05, 0) is 30.2 Å². The number of para-hydroxylation sites is 2. The SMILES string of the molecule is NNC(=Nc1ccccc1)N1CCc2ccccc21. The minimum absolute atomic E-state index is 0.677. The summed E-state index contributed by atoms with van der Waals surface area (Å²) in [7, 11) is 0. The molecule has 0 aromatic heterocycles. The Kier molecular flexibility index (Phi) is 3.16. The molecule has 19 heavy (non-hydrogen) atoms. The number of guanidine groups is 1. The lowest BCUT2D eigenvalue weighted by Gasteiger charge is -2.20. The second-order valence-electron chi connectivity index (χ2n) is 4.45. The maximum absolute atomic E-state index is 5.64. The molecular weight excluding hydrogens is 236 g/mol. The number of hydrogen-bond acceptors (Lipinski definition) is 2. The third-order valence-corrected chi connectivity index (χ3v) is 3.26. The Labute approximate surface area is 112 Å². The first kappa shape index (κ1) is 11.7. The van der Waals surface area contributed by atoms with Gasteiger partial charge in [0, 0.05) is 12.2 Å². The van der Waals surface area contributed by atoms with E-state index in [2.05, 4.69) is 33.5 Å². The molecule has 2 aromatic carbocycles. The van der Waals surface area contributed by atoms with Crippen LogP contribution in [0.4, 0.5) is 11.4 Å². The van der Waals surface area contributed by atoms with Gasteiger partial charge in [-0.2, -0.15) is 0 Å². The molecule has 0 radical (unpaired) electrons. The van der Waals surface area contributed by atoms with Crippen molar-refractivity contribution in [3.63, 3.8) is 0 Å². The number of fused-ring (bicyclic) bond motifs is 1. The van der Waals surface area contributed by atoms with Gasteiger partial charge in [0.25, 0.3) is 0 Å². The lowest BCUT2D eigenvalue weighted by atomic mass is 10.2. The minimum atomic E-state index is 0.677. The summed E-state index contributed by atoms with van der Waals surface area (Å²) in [5.74, 6) is 6.31.